The number of hydrogen-bond acceptors (Lipinski definition) is 5. The lowest BCUT2D eigenvalue weighted by Crippen LogP contribution is -2.38. The van der Waals surface area contributed by atoms with E-state index in [1.807, 2.05) is 37.5 Å². The van der Waals surface area contributed by atoms with E-state index in [2.05, 4.69) is 16.8 Å². The number of aromatic nitrogens is 1. The van der Waals surface area contributed by atoms with Crippen molar-refractivity contribution in [3.8, 4) is 11.8 Å². The number of likely N-dealkylation sites (N-methyl/N-ethyl adjacent to an activating group) is 1. The van der Waals surface area contributed by atoms with E-state index in [0.717, 1.165) is 25.0 Å². The number of ether oxygens (including phenoxy) is 1. The third-order valence-electron chi connectivity index (χ3n) is 4.55. The Morgan fingerprint density at radius 3 is 2.81 bits per heavy atom. The Bertz CT molecular complexity index is 749. The number of aliphatic hydroxyl groups excluding tert-OH is 1. The van der Waals surface area contributed by atoms with Crippen molar-refractivity contribution >= 4 is 11.6 Å². The summed E-state index contributed by atoms with van der Waals surface area (Å²) in [6.45, 7) is 2.75. The Kier molecular flexibility index (Phi) is 8.53. The summed E-state index contributed by atoms with van der Waals surface area (Å²) in [6, 6.07) is 13.4. The van der Waals surface area contributed by atoms with Gasteiger partial charge in [0.1, 0.15) is 30.1 Å². The summed E-state index contributed by atoms with van der Waals surface area (Å²) in [4.78, 5) is 6.46. The van der Waals surface area contributed by atoms with Crippen LogP contribution in [0, 0.1) is 11.3 Å². The molecule has 1 N–H and O–H groups in total. The number of halogens is 1. The van der Waals surface area contributed by atoms with E-state index in [4.69, 9.17) is 21.6 Å². The molecule has 5 nitrogen and oxygen atoms in total. The normalized spacial score (nSPS) is 13.2. The van der Waals surface area contributed by atoms with Crippen molar-refractivity contribution in [2.75, 3.05) is 20.2 Å². The molecule has 0 bridgehead atoms. The second-order valence-electron chi connectivity index (χ2n) is 6.69. The van der Waals surface area contributed by atoms with Crippen LogP contribution in [0.2, 0.25) is 5.02 Å². The maximum atomic E-state index is 10.3. The van der Waals surface area contributed by atoms with E-state index >= 15 is 0 Å². The van der Waals surface area contributed by atoms with E-state index in [9.17, 15) is 5.11 Å². The molecule has 0 aliphatic rings. The van der Waals surface area contributed by atoms with Crippen LogP contribution in [0.15, 0.2) is 42.6 Å². The maximum Gasteiger partial charge on any atom is 0.138 e. The lowest BCUT2D eigenvalue weighted by molar-refractivity contribution is 0.0638. The molecule has 2 rings (SSSR count). The number of nitrogens with zero attached hydrogens (tertiary/aromatic N) is 3. The molecule has 27 heavy (non-hydrogen) atoms. The molecule has 144 valence electrons. The molecule has 0 radical (unpaired) electrons. The molecule has 0 aliphatic carbocycles. The maximum absolute atomic E-state index is 10.3. The van der Waals surface area contributed by atoms with Gasteiger partial charge in [-0.1, -0.05) is 23.7 Å². The lowest BCUT2D eigenvalue weighted by atomic mass is 10.1. The Balaban J connectivity index is 1.73. The average Bonchev–Trinajstić information content (AvgIpc) is 2.67. The first-order chi connectivity index (χ1) is 13.0. The van der Waals surface area contributed by atoms with Crippen LogP contribution in [0.3, 0.4) is 0 Å². The molecule has 1 aromatic heterocycles. The second-order valence-corrected chi connectivity index (χ2v) is 7.10. The van der Waals surface area contributed by atoms with Crippen molar-refractivity contribution in [1.82, 2.24) is 9.88 Å². The molecule has 2 aromatic rings. The molecule has 0 spiro atoms. The van der Waals surface area contributed by atoms with Gasteiger partial charge >= 0.3 is 0 Å². The monoisotopic (exact) mass is 387 g/mol. The third kappa shape index (κ3) is 6.84. The highest BCUT2D eigenvalue weighted by molar-refractivity contribution is 6.31. The van der Waals surface area contributed by atoms with E-state index in [1.54, 1.807) is 18.2 Å². The zero-order valence-electron chi connectivity index (χ0n) is 15.8. The van der Waals surface area contributed by atoms with Crippen LogP contribution >= 0.6 is 11.6 Å². The van der Waals surface area contributed by atoms with Crippen LogP contribution < -0.4 is 4.74 Å². The smallest absolute Gasteiger partial charge is 0.138 e. The molecule has 1 aromatic carbocycles. The highest BCUT2D eigenvalue weighted by Gasteiger charge is 2.16. The fraction of sp³-hybridized carbons (Fsp3) is 0.429. The van der Waals surface area contributed by atoms with Crippen molar-refractivity contribution in [3.63, 3.8) is 0 Å². The minimum Gasteiger partial charge on any atom is -0.489 e. The molecular formula is C21H26ClN3O2. The summed E-state index contributed by atoms with van der Waals surface area (Å²) in [7, 11) is 1.99. The summed E-state index contributed by atoms with van der Waals surface area (Å²) in [5, 5.41) is 19.8. The summed E-state index contributed by atoms with van der Waals surface area (Å²) >= 11 is 5.99. The van der Waals surface area contributed by atoms with E-state index < -0.39 is 6.10 Å². The van der Waals surface area contributed by atoms with Gasteiger partial charge < -0.3 is 14.7 Å². The molecule has 0 aliphatic heterocycles. The molecule has 0 amide bonds. The number of aliphatic hydroxyl groups is 1. The Morgan fingerprint density at radius 1 is 1.30 bits per heavy atom. The number of nitriles is 1. The van der Waals surface area contributed by atoms with Crippen LogP contribution in [0.4, 0.5) is 0 Å². The predicted octanol–water partition coefficient (Wildman–Crippen LogP) is 3.69. The fourth-order valence-electron chi connectivity index (χ4n) is 2.83. The lowest BCUT2D eigenvalue weighted by Gasteiger charge is -2.27. The fourth-order valence-corrected chi connectivity index (χ4v) is 3.04. The van der Waals surface area contributed by atoms with Crippen molar-refractivity contribution in [1.29, 1.82) is 5.26 Å². The summed E-state index contributed by atoms with van der Waals surface area (Å²) in [6.07, 6.45) is 4.19. The molecule has 2 atom stereocenters. The van der Waals surface area contributed by atoms with Gasteiger partial charge in [-0.25, -0.2) is 0 Å². The SMILES string of the molecule is CC(CCCc1ccccn1)N(C)C[C@@H](O)COc1cccc(Cl)c1C#N. The Morgan fingerprint density at radius 2 is 2.11 bits per heavy atom. The van der Waals surface area contributed by atoms with Crippen molar-refractivity contribution in [2.45, 2.75) is 38.3 Å². The number of benzene rings is 1. The van der Waals surface area contributed by atoms with Crippen LogP contribution in [0.25, 0.3) is 0 Å². The average molecular weight is 388 g/mol. The third-order valence-corrected chi connectivity index (χ3v) is 4.87. The highest BCUT2D eigenvalue weighted by Crippen LogP contribution is 2.25. The number of aryl methyl sites for hydroxylation is 1. The van der Waals surface area contributed by atoms with Gasteiger partial charge in [-0.15, -0.1) is 0 Å². The zero-order chi connectivity index (χ0) is 19.6. The van der Waals surface area contributed by atoms with E-state index in [-0.39, 0.29) is 6.61 Å². The van der Waals surface area contributed by atoms with Gasteiger partial charge in [0.25, 0.3) is 0 Å². The van der Waals surface area contributed by atoms with Crippen molar-refractivity contribution in [3.05, 3.63) is 58.9 Å². The van der Waals surface area contributed by atoms with Crippen LogP contribution in [0.5, 0.6) is 5.75 Å². The van der Waals surface area contributed by atoms with Gasteiger partial charge in [0.05, 0.1) is 5.02 Å². The molecule has 0 fully saturated rings. The highest BCUT2D eigenvalue weighted by atomic mass is 35.5. The van der Waals surface area contributed by atoms with Gasteiger partial charge in [0.15, 0.2) is 0 Å². The Hall–Kier alpha value is -2.13. The van der Waals surface area contributed by atoms with E-state index in [0.29, 0.717) is 28.9 Å². The first-order valence-electron chi connectivity index (χ1n) is 9.11. The van der Waals surface area contributed by atoms with Gasteiger partial charge in [-0.2, -0.15) is 5.26 Å². The van der Waals surface area contributed by atoms with Crippen LogP contribution in [0.1, 0.15) is 31.0 Å². The molecular weight excluding hydrogens is 362 g/mol. The topological polar surface area (TPSA) is 69.4 Å². The summed E-state index contributed by atoms with van der Waals surface area (Å²) < 4.78 is 5.60. The van der Waals surface area contributed by atoms with Gasteiger partial charge in [-0.05, 0) is 57.5 Å². The van der Waals surface area contributed by atoms with Gasteiger partial charge in [0, 0.05) is 24.5 Å². The minimum atomic E-state index is -0.654. The van der Waals surface area contributed by atoms with Crippen molar-refractivity contribution in [2.24, 2.45) is 0 Å². The van der Waals surface area contributed by atoms with Crippen LogP contribution in [-0.4, -0.2) is 47.3 Å². The first kappa shape index (κ1) is 21.2. The number of hydrogen-bond donors (Lipinski definition) is 1. The van der Waals surface area contributed by atoms with E-state index in [1.165, 1.54) is 0 Å². The van der Waals surface area contributed by atoms with Gasteiger partial charge in [0.2, 0.25) is 0 Å². The van der Waals surface area contributed by atoms with Crippen LogP contribution in [-0.2, 0) is 6.42 Å². The summed E-state index contributed by atoms with van der Waals surface area (Å²) in [5.41, 5.74) is 1.40. The first-order valence-corrected chi connectivity index (χ1v) is 9.48. The minimum absolute atomic E-state index is 0.111. The largest absolute Gasteiger partial charge is 0.489 e. The standard InChI is InChI=1S/C21H26ClN3O2/c1-16(7-5-9-17-8-3-4-12-24-17)25(2)14-18(26)15-27-21-11-6-10-20(22)19(21)13-23/h3-4,6,8,10-12,16,18,26H,5,7,9,14-15H2,1-2H3/t16?,18-/m1/s1. The molecule has 1 unspecified atom stereocenters. The quantitative estimate of drug-likeness (QED) is 0.673. The van der Waals surface area contributed by atoms with Crippen molar-refractivity contribution < 1.29 is 9.84 Å². The molecule has 0 saturated heterocycles. The zero-order valence-corrected chi connectivity index (χ0v) is 16.6. The summed E-state index contributed by atoms with van der Waals surface area (Å²) in [5.74, 6) is 0.398. The number of rotatable bonds is 10. The molecule has 0 saturated carbocycles. The molecule has 1 heterocycles. The second kappa shape index (κ2) is 10.9. The Labute approximate surface area is 166 Å². The van der Waals surface area contributed by atoms with Gasteiger partial charge in [-0.3, -0.25) is 4.98 Å². The predicted molar refractivity (Wildman–Crippen MR) is 107 cm³/mol. The molecule has 6 heteroatoms. The number of pyridine rings is 1.